The van der Waals surface area contributed by atoms with Crippen LogP contribution in [-0.2, 0) is 6.42 Å². The number of hydrogen-bond acceptors (Lipinski definition) is 3. The summed E-state index contributed by atoms with van der Waals surface area (Å²) in [7, 11) is 0. The van der Waals surface area contributed by atoms with Gasteiger partial charge in [-0.25, -0.2) is 4.98 Å². The Labute approximate surface area is 110 Å². The number of aromatic nitrogens is 2. The molecule has 1 aromatic carbocycles. The molecule has 18 heavy (non-hydrogen) atoms. The molecular formula is C14H15N3S. The number of anilines is 1. The molecule has 0 bridgehead atoms. The van der Waals surface area contributed by atoms with Crippen molar-refractivity contribution < 1.29 is 0 Å². The van der Waals surface area contributed by atoms with Crippen molar-refractivity contribution in [2.75, 3.05) is 5.73 Å². The van der Waals surface area contributed by atoms with E-state index in [1.807, 2.05) is 6.20 Å². The maximum Gasteiger partial charge on any atom is 0.180 e. The molecule has 0 unspecified atom stereocenters. The van der Waals surface area contributed by atoms with E-state index in [4.69, 9.17) is 5.73 Å². The smallest absolute Gasteiger partial charge is 0.180 e. The van der Waals surface area contributed by atoms with E-state index >= 15 is 0 Å². The average Bonchev–Trinajstić information content (AvgIpc) is 2.91. The van der Waals surface area contributed by atoms with Gasteiger partial charge in [0.2, 0.25) is 0 Å². The van der Waals surface area contributed by atoms with Crippen molar-refractivity contribution in [1.82, 2.24) is 9.97 Å². The van der Waals surface area contributed by atoms with Crippen LogP contribution in [0.25, 0.3) is 22.2 Å². The molecule has 3 aromatic rings. The van der Waals surface area contributed by atoms with Crippen LogP contribution < -0.4 is 5.73 Å². The van der Waals surface area contributed by atoms with Crippen LogP contribution in [0.1, 0.15) is 17.4 Å². The number of rotatable bonds is 2. The van der Waals surface area contributed by atoms with Crippen LogP contribution in [0.3, 0.4) is 0 Å². The summed E-state index contributed by atoms with van der Waals surface area (Å²) in [5.74, 6) is 0. The second kappa shape index (κ2) is 4.14. The maximum atomic E-state index is 5.78. The second-order valence-electron chi connectivity index (χ2n) is 4.35. The Morgan fingerprint density at radius 2 is 2.22 bits per heavy atom. The molecule has 0 aliphatic heterocycles. The first-order valence-corrected chi connectivity index (χ1v) is 6.84. The zero-order valence-electron chi connectivity index (χ0n) is 10.4. The molecule has 3 rings (SSSR count). The molecule has 0 saturated carbocycles. The third-order valence-electron chi connectivity index (χ3n) is 3.25. The van der Waals surface area contributed by atoms with E-state index < -0.39 is 0 Å². The highest BCUT2D eigenvalue weighted by Crippen LogP contribution is 2.34. The lowest BCUT2D eigenvalue weighted by Crippen LogP contribution is -1.84. The fourth-order valence-electron chi connectivity index (χ4n) is 2.37. The van der Waals surface area contributed by atoms with Gasteiger partial charge >= 0.3 is 0 Å². The molecule has 0 fully saturated rings. The number of aryl methyl sites for hydroxylation is 2. The number of aromatic amines is 1. The van der Waals surface area contributed by atoms with Crippen LogP contribution >= 0.6 is 11.3 Å². The molecule has 0 spiro atoms. The number of nitrogens with one attached hydrogen (secondary N) is 1. The molecule has 4 heteroatoms. The predicted molar refractivity (Wildman–Crippen MR) is 77.9 cm³/mol. The number of para-hydroxylation sites is 1. The van der Waals surface area contributed by atoms with Gasteiger partial charge in [-0.05, 0) is 18.9 Å². The van der Waals surface area contributed by atoms with Crippen molar-refractivity contribution in [2.24, 2.45) is 0 Å². The maximum absolute atomic E-state index is 5.78. The van der Waals surface area contributed by atoms with Gasteiger partial charge in [0.15, 0.2) is 5.13 Å². The number of nitrogen functional groups attached to an aromatic ring is 1. The fraction of sp³-hybridized carbons (Fsp3) is 0.214. The van der Waals surface area contributed by atoms with E-state index in [0.717, 1.165) is 22.6 Å². The van der Waals surface area contributed by atoms with E-state index in [1.54, 1.807) is 0 Å². The summed E-state index contributed by atoms with van der Waals surface area (Å²) in [6.07, 6.45) is 3.06. The Morgan fingerprint density at radius 3 is 2.89 bits per heavy atom. The van der Waals surface area contributed by atoms with E-state index in [1.165, 1.54) is 27.8 Å². The Hall–Kier alpha value is -1.81. The second-order valence-corrected chi connectivity index (χ2v) is 5.59. The van der Waals surface area contributed by atoms with Crippen molar-refractivity contribution >= 4 is 27.4 Å². The monoisotopic (exact) mass is 257 g/mol. The highest BCUT2D eigenvalue weighted by atomic mass is 32.1. The molecule has 0 atom stereocenters. The molecular weight excluding hydrogens is 242 g/mol. The van der Waals surface area contributed by atoms with Gasteiger partial charge in [0.25, 0.3) is 0 Å². The molecule has 0 aliphatic carbocycles. The van der Waals surface area contributed by atoms with Crippen molar-refractivity contribution in [3.8, 4) is 11.3 Å². The first-order valence-electron chi connectivity index (χ1n) is 6.03. The Bertz CT molecular complexity index is 709. The molecule has 0 aliphatic rings. The molecule has 0 amide bonds. The molecule has 0 radical (unpaired) electrons. The third kappa shape index (κ3) is 1.61. The van der Waals surface area contributed by atoms with Gasteiger partial charge in [-0.15, -0.1) is 11.3 Å². The van der Waals surface area contributed by atoms with Gasteiger partial charge in [-0.3, -0.25) is 0 Å². The molecule has 92 valence electrons. The Morgan fingerprint density at radius 1 is 1.39 bits per heavy atom. The molecule has 3 nitrogen and oxygen atoms in total. The van der Waals surface area contributed by atoms with E-state index in [9.17, 15) is 0 Å². The molecule has 0 saturated heterocycles. The van der Waals surface area contributed by atoms with E-state index in [2.05, 4.69) is 42.0 Å². The summed E-state index contributed by atoms with van der Waals surface area (Å²) in [6, 6.07) is 6.39. The van der Waals surface area contributed by atoms with Gasteiger partial charge in [0.1, 0.15) is 0 Å². The predicted octanol–water partition coefficient (Wildman–Crippen LogP) is 3.74. The van der Waals surface area contributed by atoms with Crippen LogP contribution in [0.4, 0.5) is 5.13 Å². The molecule has 2 aromatic heterocycles. The summed E-state index contributed by atoms with van der Waals surface area (Å²) in [5, 5.41) is 1.85. The third-order valence-corrected chi connectivity index (χ3v) is 4.05. The van der Waals surface area contributed by atoms with Crippen molar-refractivity contribution in [3.05, 3.63) is 34.8 Å². The topological polar surface area (TPSA) is 54.7 Å². The van der Waals surface area contributed by atoms with Crippen molar-refractivity contribution in [2.45, 2.75) is 20.3 Å². The zero-order chi connectivity index (χ0) is 12.7. The average molecular weight is 257 g/mol. The Balaban J connectivity index is 2.28. The largest absolute Gasteiger partial charge is 0.375 e. The minimum Gasteiger partial charge on any atom is -0.375 e. The van der Waals surface area contributed by atoms with Gasteiger partial charge in [0, 0.05) is 27.5 Å². The highest BCUT2D eigenvalue weighted by molar-refractivity contribution is 7.15. The van der Waals surface area contributed by atoms with Crippen LogP contribution in [0.15, 0.2) is 24.4 Å². The summed E-state index contributed by atoms with van der Waals surface area (Å²) in [4.78, 5) is 8.96. The summed E-state index contributed by atoms with van der Waals surface area (Å²) < 4.78 is 0. The standard InChI is InChI=1S/C14H15N3S/c1-3-9-5-4-6-10-11(7-16-13(9)10)12-8(2)18-14(15)17-12/h4-7,16H,3H2,1-2H3,(H2,15,17). The van der Waals surface area contributed by atoms with Gasteiger partial charge in [-0.2, -0.15) is 0 Å². The lowest BCUT2D eigenvalue weighted by atomic mass is 10.1. The molecule has 2 heterocycles. The number of fused-ring (bicyclic) bond motifs is 1. The quantitative estimate of drug-likeness (QED) is 0.734. The zero-order valence-corrected chi connectivity index (χ0v) is 11.3. The summed E-state index contributed by atoms with van der Waals surface area (Å²) >= 11 is 1.54. The highest BCUT2D eigenvalue weighted by Gasteiger charge is 2.13. The number of thiazole rings is 1. The number of nitrogens with two attached hydrogens (primary N) is 1. The Kier molecular flexibility index (Phi) is 2.59. The normalized spacial score (nSPS) is 11.2. The minimum atomic E-state index is 0.628. The van der Waals surface area contributed by atoms with Crippen LogP contribution in [0.5, 0.6) is 0 Å². The lowest BCUT2D eigenvalue weighted by Gasteiger charge is -2.00. The number of benzene rings is 1. The van der Waals surface area contributed by atoms with E-state index in [-0.39, 0.29) is 0 Å². The lowest BCUT2D eigenvalue weighted by molar-refractivity contribution is 1.15. The minimum absolute atomic E-state index is 0.628. The van der Waals surface area contributed by atoms with Gasteiger partial charge < -0.3 is 10.7 Å². The summed E-state index contributed by atoms with van der Waals surface area (Å²) in [5.41, 5.74) is 10.5. The van der Waals surface area contributed by atoms with Crippen LogP contribution in [0, 0.1) is 6.92 Å². The number of nitrogens with zero attached hydrogens (tertiary/aromatic N) is 1. The first-order chi connectivity index (χ1) is 8.70. The number of H-pyrrole nitrogens is 1. The van der Waals surface area contributed by atoms with Crippen molar-refractivity contribution in [1.29, 1.82) is 0 Å². The molecule has 3 N–H and O–H groups in total. The van der Waals surface area contributed by atoms with Crippen molar-refractivity contribution in [3.63, 3.8) is 0 Å². The summed E-state index contributed by atoms with van der Waals surface area (Å²) in [6.45, 7) is 4.23. The number of hydrogen-bond donors (Lipinski definition) is 2. The van der Waals surface area contributed by atoms with E-state index in [0.29, 0.717) is 5.13 Å². The van der Waals surface area contributed by atoms with Gasteiger partial charge in [0.05, 0.1) is 5.69 Å². The SMILES string of the molecule is CCc1cccc2c(-c3nc(N)sc3C)c[nH]c12. The fourth-order valence-corrected chi connectivity index (χ4v) is 3.08. The van der Waals surface area contributed by atoms with Crippen LogP contribution in [-0.4, -0.2) is 9.97 Å². The van der Waals surface area contributed by atoms with Gasteiger partial charge in [-0.1, -0.05) is 25.1 Å². The first kappa shape index (κ1) is 11.3. The van der Waals surface area contributed by atoms with Crippen LogP contribution in [0.2, 0.25) is 0 Å².